The minimum atomic E-state index is -0.136. The van der Waals surface area contributed by atoms with Gasteiger partial charge in [-0.2, -0.15) is 0 Å². The number of nitrogens with one attached hydrogen (secondary N) is 2. The molecule has 0 aliphatic carbocycles. The predicted molar refractivity (Wildman–Crippen MR) is 71.4 cm³/mol. The van der Waals surface area contributed by atoms with E-state index in [1.165, 1.54) is 16.7 Å². The van der Waals surface area contributed by atoms with Gasteiger partial charge in [-0.3, -0.25) is 0 Å². The molecule has 0 saturated heterocycles. The summed E-state index contributed by atoms with van der Waals surface area (Å²) in [5, 5.41) is 5.43. The summed E-state index contributed by atoms with van der Waals surface area (Å²) < 4.78 is 0. The summed E-state index contributed by atoms with van der Waals surface area (Å²) >= 11 is 0. The molecule has 17 heavy (non-hydrogen) atoms. The zero-order valence-electron chi connectivity index (χ0n) is 11.3. The number of rotatable bonds is 3. The van der Waals surface area contributed by atoms with Crippen LogP contribution in [-0.2, 0) is 5.41 Å². The van der Waals surface area contributed by atoms with E-state index in [2.05, 4.69) is 56.5 Å². The third kappa shape index (κ3) is 3.48. The van der Waals surface area contributed by atoms with Gasteiger partial charge in [-0.05, 0) is 25.0 Å². The number of benzene rings is 1. The SMILES string of the molecule is CNC(=O)NCC(C)(C)c1cc(C)ccc1C. The van der Waals surface area contributed by atoms with E-state index in [0.717, 1.165) is 0 Å². The summed E-state index contributed by atoms with van der Waals surface area (Å²) in [5.74, 6) is 0. The van der Waals surface area contributed by atoms with Gasteiger partial charge in [0.25, 0.3) is 0 Å². The van der Waals surface area contributed by atoms with E-state index in [1.807, 2.05) is 0 Å². The highest BCUT2D eigenvalue weighted by Gasteiger charge is 2.23. The monoisotopic (exact) mass is 234 g/mol. The van der Waals surface area contributed by atoms with Crippen LogP contribution >= 0.6 is 0 Å². The Morgan fingerprint density at radius 2 is 1.94 bits per heavy atom. The van der Waals surface area contributed by atoms with Crippen LogP contribution in [0.25, 0.3) is 0 Å². The van der Waals surface area contributed by atoms with Crippen LogP contribution in [0.4, 0.5) is 4.79 Å². The van der Waals surface area contributed by atoms with Crippen molar-refractivity contribution in [2.75, 3.05) is 13.6 Å². The first-order valence-corrected chi connectivity index (χ1v) is 5.90. The molecule has 1 rings (SSSR count). The number of carbonyl (C=O) groups excluding carboxylic acids is 1. The van der Waals surface area contributed by atoms with Gasteiger partial charge in [-0.25, -0.2) is 4.79 Å². The second-order valence-corrected chi connectivity index (χ2v) is 5.13. The molecule has 2 N–H and O–H groups in total. The van der Waals surface area contributed by atoms with Crippen molar-refractivity contribution >= 4 is 6.03 Å². The van der Waals surface area contributed by atoms with Crippen molar-refractivity contribution in [2.24, 2.45) is 0 Å². The maximum Gasteiger partial charge on any atom is 0.314 e. The number of urea groups is 1. The fraction of sp³-hybridized carbons (Fsp3) is 0.500. The largest absolute Gasteiger partial charge is 0.341 e. The molecular weight excluding hydrogens is 212 g/mol. The van der Waals surface area contributed by atoms with Gasteiger partial charge in [-0.15, -0.1) is 0 Å². The maximum atomic E-state index is 11.2. The first kappa shape index (κ1) is 13.6. The lowest BCUT2D eigenvalue weighted by Crippen LogP contribution is -2.41. The lowest BCUT2D eigenvalue weighted by Gasteiger charge is -2.27. The van der Waals surface area contributed by atoms with Gasteiger partial charge in [-0.1, -0.05) is 37.6 Å². The third-order valence-corrected chi connectivity index (χ3v) is 3.04. The number of hydrogen-bond donors (Lipinski definition) is 2. The quantitative estimate of drug-likeness (QED) is 0.829. The zero-order valence-corrected chi connectivity index (χ0v) is 11.3. The van der Waals surface area contributed by atoms with Crippen molar-refractivity contribution < 1.29 is 4.79 Å². The Hall–Kier alpha value is -1.51. The first-order chi connectivity index (χ1) is 7.86. The van der Waals surface area contributed by atoms with Crippen LogP contribution in [0.5, 0.6) is 0 Å². The van der Waals surface area contributed by atoms with E-state index in [9.17, 15) is 4.79 Å². The molecule has 0 aliphatic heterocycles. The fourth-order valence-corrected chi connectivity index (χ4v) is 1.95. The molecule has 94 valence electrons. The normalized spacial score (nSPS) is 11.1. The molecule has 0 fully saturated rings. The van der Waals surface area contributed by atoms with Gasteiger partial charge < -0.3 is 10.6 Å². The molecule has 0 heterocycles. The molecule has 0 radical (unpaired) electrons. The Bertz CT molecular complexity index is 411. The molecule has 0 aromatic heterocycles. The first-order valence-electron chi connectivity index (χ1n) is 5.90. The second-order valence-electron chi connectivity index (χ2n) is 5.13. The Labute approximate surface area is 104 Å². The van der Waals surface area contributed by atoms with Gasteiger partial charge >= 0.3 is 6.03 Å². The molecule has 0 aliphatic rings. The molecule has 1 aromatic rings. The van der Waals surface area contributed by atoms with E-state index in [4.69, 9.17) is 0 Å². The molecule has 0 unspecified atom stereocenters. The van der Waals surface area contributed by atoms with Crippen LogP contribution < -0.4 is 10.6 Å². The van der Waals surface area contributed by atoms with E-state index >= 15 is 0 Å². The smallest absolute Gasteiger partial charge is 0.314 e. The van der Waals surface area contributed by atoms with E-state index in [0.29, 0.717) is 6.54 Å². The van der Waals surface area contributed by atoms with Crippen LogP contribution in [0.2, 0.25) is 0 Å². The lowest BCUT2D eigenvalue weighted by molar-refractivity contribution is 0.240. The molecule has 0 atom stereocenters. The van der Waals surface area contributed by atoms with Gasteiger partial charge in [0.15, 0.2) is 0 Å². The number of amides is 2. The minimum Gasteiger partial charge on any atom is -0.341 e. The predicted octanol–water partition coefficient (Wildman–Crippen LogP) is 2.51. The van der Waals surface area contributed by atoms with Gasteiger partial charge in [0.05, 0.1) is 0 Å². The maximum absolute atomic E-state index is 11.2. The Kier molecular flexibility index (Phi) is 4.16. The van der Waals surface area contributed by atoms with Crippen molar-refractivity contribution in [3.63, 3.8) is 0 Å². The molecule has 3 heteroatoms. The lowest BCUT2D eigenvalue weighted by atomic mass is 9.81. The van der Waals surface area contributed by atoms with Crippen molar-refractivity contribution in [1.29, 1.82) is 0 Å². The van der Waals surface area contributed by atoms with E-state index in [1.54, 1.807) is 7.05 Å². The highest BCUT2D eigenvalue weighted by atomic mass is 16.2. The van der Waals surface area contributed by atoms with Crippen LogP contribution in [0, 0.1) is 13.8 Å². The van der Waals surface area contributed by atoms with Crippen LogP contribution in [0.1, 0.15) is 30.5 Å². The average molecular weight is 234 g/mol. The zero-order chi connectivity index (χ0) is 13.1. The highest BCUT2D eigenvalue weighted by molar-refractivity contribution is 5.73. The number of carbonyl (C=O) groups is 1. The molecule has 1 aromatic carbocycles. The molecule has 0 saturated carbocycles. The minimum absolute atomic E-state index is 0.0669. The number of hydrogen-bond acceptors (Lipinski definition) is 1. The van der Waals surface area contributed by atoms with Crippen molar-refractivity contribution in [2.45, 2.75) is 33.1 Å². The summed E-state index contributed by atoms with van der Waals surface area (Å²) in [6, 6.07) is 6.30. The second kappa shape index (κ2) is 5.21. The molecular formula is C14H22N2O. The number of aryl methyl sites for hydroxylation is 2. The summed E-state index contributed by atoms with van der Waals surface area (Å²) in [7, 11) is 1.63. The van der Waals surface area contributed by atoms with E-state index in [-0.39, 0.29) is 11.4 Å². The van der Waals surface area contributed by atoms with Crippen molar-refractivity contribution in [3.8, 4) is 0 Å². The summed E-state index contributed by atoms with van der Waals surface area (Å²) in [4.78, 5) is 11.2. The average Bonchev–Trinajstić information content (AvgIpc) is 2.29. The standard InChI is InChI=1S/C14H22N2O/c1-10-6-7-11(2)12(8-10)14(3,4)9-16-13(17)15-5/h6-8H,9H2,1-5H3,(H2,15,16,17). The highest BCUT2D eigenvalue weighted by Crippen LogP contribution is 2.26. The molecule has 2 amide bonds. The van der Waals surface area contributed by atoms with Gasteiger partial charge in [0.1, 0.15) is 0 Å². The topological polar surface area (TPSA) is 41.1 Å². The Morgan fingerprint density at radius 3 is 2.53 bits per heavy atom. The molecule has 0 spiro atoms. The molecule has 0 bridgehead atoms. The Balaban J connectivity index is 2.88. The summed E-state index contributed by atoms with van der Waals surface area (Å²) in [5.41, 5.74) is 3.73. The molecule has 3 nitrogen and oxygen atoms in total. The van der Waals surface area contributed by atoms with Crippen molar-refractivity contribution in [1.82, 2.24) is 10.6 Å². The van der Waals surface area contributed by atoms with Crippen molar-refractivity contribution in [3.05, 3.63) is 34.9 Å². The van der Waals surface area contributed by atoms with E-state index < -0.39 is 0 Å². The summed E-state index contributed by atoms with van der Waals surface area (Å²) in [6.45, 7) is 9.11. The van der Waals surface area contributed by atoms with Crippen LogP contribution in [0.3, 0.4) is 0 Å². The third-order valence-electron chi connectivity index (χ3n) is 3.04. The van der Waals surface area contributed by atoms with Crippen LogP contribution in [0.15, 0.2) is 18.2 Å². The van der Waals surface area contributed by atoms with Crippen LogP contribution in [-0.4, -0.2) is 19.6 Å². The summed E-state index contributed by atoms with van der Waals surface area (Å²) in [6.07, 6.45) is 0. The van der Waals surface area contributed by atoms with Gasteiger partial charge in [0.2, 0.25) is 0 Å². The Morgan fingerprint density at radius 1 is 1.29 bits per heavy atom. The van der Waals surface area contributed by atoms with Gasteiger partial charge in [0, 0.05) is 19.0 Å². The fourth-order valence-electron chi connectivity index (χ4n) is 1.95.